The topological polar surface area (TPSA) is 66.9 Å². The maximum atomic E-state index is 14.0. The maximum absolute atomic E-state index is 14.0. The molecule has 0 aliphatic carbocycles. The van der Waals surface area contributed by atoms with Crippen molar-refractivity contribution in [2.75, 3.05) is 36.0 Å². The summed E-state index contributed by atoms with van der Waals surface area (Å²) in [5.41, 5.74) is 5.02. The predicted molar refractivity (Wildman–Crippen MR) is 210 cm³/mol. The standard InChI is InChI=1S/C44H44N2O4/c1-5-9-23-46(24-10-6-2)32-22-20-30-26-38(44(48)50-40(30)28-32)42-35-17-13-11-15-33(35)41(34-16-12-14-18-36(34)42)37-25-29-19-21-31(45(7-3)8-4)27-39(29)49-43(37)47/h11-22,25-28H,5-10,23-24H2,1-4H3. The molecule has 0 spiro atoms. The largest absolute Gasteiger partial charge is 0.422 e. The molecule has 0 bridgehead atoms. The van der Waals surface area contributed by atoms with Crippen LogP contribution in [-0.4, -0.2) is 26.2 Å². The lowest BCUT2D eigenvalue weighted by Gasteiger charge is -2.25. The smallest absolute Gasteiger partial charge is 0.344 e. The minimum absolute atomic E-state index is 0.388. The average molecular weight is 665 g/mol. The van der Waals surface area contributed by atoms with Gasteiger partial charge in [0.15, 0.2) is 0 Å². The van der Waals surface area contributed by atoms with Crippen LogP contribution in [0.2, 0.25) is 0 Å². The first kappa shape index (κ1) is 33.2. The van der Waals surface area contributed by atoms with Gasteiger partial charge < -0.3 is 18.6 Å². The van der Waals surface area contributed by atoms with Crippen LogP contribution in [-0.2, 0) is 0 Å². The van der Waals surface area contributed by atoms with E-state index < -0.39 is 5.63 Å². The Morgan fingerprint density at radius 3 is 1.28 bits per heavy atom. The molecule has 0 N–H and O–H groups in total. The number of unbranched alkanes of at least 4 members (excludes halogenated alkanes) is 2. The Hall–Kier alpha value is -5.36. The van der Waals surface area contributed by atoms with E-state index in [4.69, 9.17) is 8.83 Å². The summed E-state index contributed by atoms with van der Waals surface area (Å²) in [6.45, 7) is 12.3. The molecule has 7 aromatic rings. The van der Waals surface area contributed by atoms with Crippen LogP contribution in [0.3, 0.4) is 0 Å². The van der Waals surface area contributed by atoms with Gasteiger partial charge in [0.2, 0.25) is 0 Å². The minimum atomic E-state index is -0.398. The van der Waals surface area contributed by atoms with Gasteiger partial charge in [0.25, 0.3) is 0 Å². The van der Waals surface area contributed by atoms with Crippen molar-refractivity contribution in [3.63, 3.8) is 0 Å². The van der Waals surface area contributed by atoms with Crippen LogP contribution in [0.15, 0.2) is 115 Å². The van der Waals surface area contributed by atoms with E-state index >= 15 is 0 Å². The van der Waals surface area contributed by atoms with Crippen molar-refractivity contribution in [1.29, 1.82) is 0 Å². The molecule has 6 heteroatoms. The molecule has 0 saturated heterocycles. The molecule has 0 atom stereocenters. The number of fused-ring (bicyclic) bond motifs is 4. The summed E-state index contributed by atoms with van der Waals surface area (Å²) in [4.78, 5) is 32.4. The second kappa shape index (κ2) is 14.2. The Morgan fingerprint density at radius 2 is 0.900 bits per heavy atom. The fourth-order valence-corrected chi connectivity index (χ4v) is 7.31. The maximum Gasteiger partial charge on any atom is 0.344 e. The quantitative estimate of drug-likeness (QED) is 0.0956. The molecule has 0 aliphatic rings. The van der Waals surface area contributed by atoms with E-state index in [-0.39, 0.29) is 5.63 Å². The molecule has 0 radical (unpaired) electrons. The highest BCUT2D eigenvalue weighted by Crippen LogP contribution is 2.43. The van der Waals surface area contributed by atoms with Gasteiger partial charge in [-0.1, -0.05) is 75.2 Å². The lowest BCUT2D eigenvalue weighted by atomic mass is 9.86. The van der Waals surface area contributed by atoms with Gasteiger partial charge in [-0.2, -0.15) is 0 Å². The van der Waals surface area contributed by atoms with E-state index in [9.17, 15) is 9.59 Å². The molecule has 2 aromatic heterocycles. The van der Waals surface area contributed by atoms with Crippen LogP contribution in [0.5, 0.6) is 0 Å². The summed E-state index contributed by atoms with van der Waals surface area (Å²) in [5.74, 6) is 0. The molecule has 7 rings (SSSR count). The Morgan fingerprint density at radius 1 is 0.500 bits per heavy atom. The Labute approximate surface area is 292 Å². The molecule has 5 aromatic carbocycles. The highest BCUT2D eigenvalue weighted by molar-refractivity contribution is 6.21. The molecular weight excluding hydrogens is 620 g/mol. The Bertz CT molecular complexity index is 2390. The second-order valence-corrected chi connectivity index (χ2v) is 13.0. The van der Waals surface area contributed by atoms with Gasteiger partial charge in [0, 0.05) is 71.6 Å². The highest BCUT2D eigenvalue weighted by Gasteiger charge is 2.22. The third kappa shape index (κ3) is 6.04. The Kier molecular flexibility index (Phi) is 9.44. The molecule has 0 unspecified atom stereocenters. The SMILES string of the molecule is CCCCN(CCCC)c1ccc2cc(-c3c4ccccc4c(-c4cc5ccc(N(CC)CC)cc5oc4=O)c4ccccc34)c(=O)oc2c1. The number of nitrogens with zero attached hydrogens (tertiary/aromatic N) is 2. The first-order chi connectivity index (χ1) is 24.4. The molecule has 6 nitrogen and oxygen atoms in total. The van der Waals surface area contributed by atoms with Crippen LogP contribution in [0.1, 0.15) is 53.4 Å². The minimum Gasteiger partial charge on any atom is -0.422 e. The third-order valence-electron chi connectivity index (χ3n) is 9.97. The average Bonchev–Trinajstić information content (AvgIpc) is 3.14. The lowest BCUT2D eigenvalue weighted by molar-refractivity contribution is 0.563. The van der Waals surface area contributed by atoms with Gasteiger partial charge in [-0.05, 0) is 84.6 Å². The first-order valence-corrected chi connectivity index (χ1v) is 18.1. The van der Waals surface area contributed by atoms with Crippen molar-refractivity contribution < 1.29 is 8.83 Å². The van der Waals surface area contributed by atoms with Crippen molar-refractivity contribution >= 4 is 54.9 Å². The zero-order valence-corrected chi connectivity index (χ0v) is 29.4. The van der Waals surface area contributed by atoms with E-state index in [1.165, 1.54) is 0 Å². The molecule has 0 fully saturated rings. The van der Waals surface area contributed by atoms with E-state index in [0.717, 1.165) is 107 Å². The van der Waals surface area contributed by atoms with Crippen LogP contribution >= 0.6 is 0 Å². The Balaban J connectivity index is 1.41. The van der Waals surface area contributed by atoms with Crippen molar-refractivity contribution in [2.45, 2.75) is 53.4 Å². The van der Waals surface area contributed by atoms with E-state index in [0.29, 0.717) is 22.3 Å². The normalized spacial score (nSPS) is 11.6. The van der Waals surface area contributed by atoms with Crippen LogP contribution in [0.25, 0.3) is 65.7 Å². The van der Waals surface area contributed by atoms with E-state index in [1.807, 2.05) is 78.9 Å². The molecule has 0 aliphatic heterocycles. The molecule has 0 saturated carbocycles. The molecule has 50 heavy (non-hydrogen) atoms. The molecule has 0 amide bonds. The number of hydrogen-bond donors (Lipinski definition) is 0. The summed E-state index contributed by atoms with van der Waals surface area (Å²) in [5, 5.41) is 5.18. The zero-order valence-electron chi connectivity index (χ0n) is 29.4. The summed E-state index contributed by atoms with van der Waals surface area (Å²) < 4.78 is 12.1. The fourth-order valence-electron chi connectivity index (χ4n) is 7.31. The fraction of sp³-hybridized carbons (Fsp3) is 0.273. The summed E-state index contributed by atoms with van der Waals surface area (Å²) in [6, 6.07) is 32.1. The van der Waals surface area contributed by atoms with Gasteiger partial charge in [-0.3, -0.25) is 0 Å². The van der Waals surface area contributed by atoms with Crippen molar-refractivity contribution in [3.8, 4) is 22.3 Å². The molecule has 2 heterocycles. The van der Waals surface area contributed by atoms with Gasteiger partial charge in [-0.25, -0.2) is 9.59 Å². The van der Waals surface area contributed by atoms with Gasteiger partial charge in [-0.15, -0.1) is 0 Å². The van der Waals surface area contributed by atoms with Crippen molar-refractivity contribution in [2.24, 2.45) is 0 Å². The zero-order chi connectivity index (χ0) is 34.8. The number of anilines is 2. The van der Waals surface area contributed by atoms with E-state index in [2.05, 4.69) is 55.7 Å². The van der Waals surface area contributed by atoms with Gasteiger partial charge >= 0.3 is 11.3 Å². The number of hydrogen-bond acceptors (Lipinski definition) is 6. The lowest BCUT2D eigenvalue weighted by Crippen LogP contribution is -2.25. The first-order valence-electron chi connectivity index (χ1n) is 18.1. The van der Waals surface area contributed by atoms with E-state index in [1.54, 1.807) is 0 Å². The predicted octanol–water partition coefficient (Wildman–Crippen LogP) is 10.8. The summed E-state index contributed by atoms with van der Waals surface area (Å²) in [7, 11) is 0. The highest BCUT2D eigenvalue weighted by atomic mass is 16.4. The van der Waals surface area contributed by atoms with Crippen molar-refractivity contribution in [1.82, 2.24) is 0 Å². The van der Waals surface area contributed by atoms with Gasteiger partial charge in [0.1, 0.15) is 11.2 Å². The third-order valence-corrected chi connectivity index (χ3v) is 9.97. The van der Waals surface area contributed by atoms with Crippen LogP contribution in [0.4, 0.5) is 11.4 Å². The molecule has 254 valence electrons. The molecular formula is C44H44N2O4. The van der Waals surface area contributed by atoms with Crippen molar-refractivity contribution in [3.05, 3.63) is 118 Å². The second-order valence-electron chi connectivity index (χ2n) is 13.0. The summed E-state index contributed by atoms with van der Waals surface area (Å²) in [6.07, 6.45) is 4.47. The number of rotatable bonds is 12. The van der Waals surface area contributed by atoms with Crippen LogP contribution in [0, 0.1) is 0 Å². The monoisotopic (exact) mass is 664 g/mol. The van der Waals surface area contributed by atoms with Crippen LogP contribution < -0.4 is 21.1 Å². The summed E-state index contributed by atoms with van der Waals surface area (Å²) >= 11 is 0. The van der Waals surface area contributed by atoms with Gasteiger partial charge in [0.05, 0.1) is 11.1 Å². The number of benzene rings is 5.